The Hall–Kier alpha value is -1.32. The van der Waals surface area contributed by atoms with Gasteiger partial charge in [-0.15, -0.1) is 11.3 Å². The third kappa shape index (κ3) is 1.44. The molecule has 0 spiro atoms. The molecule has 74 valence electrons. The molecule has 15 heavy (non-hydrogen) atoms. The van der Waals surface area contributed by atoms with E-state index in [0.717, 1.165) is 22.1 Å². The van der Waals surface area contributed by atoms with Gasteiger partial charge >= 0.3 is 0 Å². The van der Waals surface area contributed by atoms with Crippen LogP contribution in [-0.4, -0.2) is 5.17 Å². The first-order chi connectivity index (χ1) is 7.34. The van der Waals surface area contributed by atoms with E-state index < -0.39 is 0 Å². The molecule has 1 aliphatic heterocycles. The van der Waals surface area contributed by atoms with Gasteiger partial charge < -0.3 is 4.74 Å². The summed E-state index contributed by atoms with van der Waals surface area (Å²) in [5, 5.41) is 3.20. The van der Waals surface area contributed by atoms with E-state index in [4.69, 9.17) is 16.3 Å². The number of hydrogen-bond acceptors (Lipinski definition) is 3. The summed E-state index contributed by atoms with van der Waals surface area (Å²) in [7, 11) is 0. The number of ether oxygens (including phenoxy) is 1. The zero-order valence-corrected chi connectivity index (χ0v) is 9.18. The van der Waals surface area contributed by atoms with Crippen LogP contribution in [0.25, 0.3) is 0 Å². The predicted octanol–water partition coefficient (Wildman–Crippen LogP) is 4.17. The molecule has 0 unspecified atom stereocenters. The van der Waals surface area contributed by atoms with Crippen LogP contribution in [0.2, 0.25) is 0 Å². The molecule has 0 radical (unpaired) electrons. The van der Waals surface area contributed by atoms with Gasteiger partial charge in [0, 0.05) is 0 Å². The molecule has 1 aromatic carbocycles. The Morgan fingerprint density at radius 3 is 3.00 bits per heavy atom. The van der Waals surface area contributed by atoms with Crippen LogP contribution in [0.3, 0.4) is 0 Å². The predicted molar refractivity (Wildman–Crippen MR) is 62.9 cm³/mol. The van der Waals surface area contributed by atoms with Crippen molar-refractivity contribution in [3.05, 3.63) is 41.3 Å². The molecule has 0 fully saturated rings. The Bertz CT molecular complexity index is 547. The highest BCUT2D eigenvalue weighted by molar-refractivity contribution is 7.12. The highest BCUT2D eigenvalue weighted by Gasteiger charge is 2.16. The summed E-state index contributed by atoms with van der Waals surface area (Å²) < 4.78 is 5.73. The average molecular weight is 236 g/mol. The zero-order chi connectivity index (χ0) is 10.3. The van der Waals surface area contributed by atoms with Gasteiger partial charge in [0.05, 0.1) is 5.56 Å². The van der Waals surface area contributed by atoms with Gasteiger partial charge in [0.15, 0.2) is 0 Å². The van der Waals surface area contributed by atoms with Gasteiger partial charge in [0.1, 0.15) is 16.6 Å². The van der Waals surface area contributed by atoms with Gasteiger partial charge in [-0.1, -0.05) is 23.7 Å². The Balaban J connectivity index is 2.26. The van der Waals surface area contributed by atoms with Crippen molar-refractivity contribution in [2.24, 2.45) is 4.99 Å². The van der Waals surface area contributed by atoms with Gasteiger partial charge in [-0.3, -0.25) is 0 Å². The van der Waals surface area contributed by atoms with E-state index >= 15 is 0 Å². The lowest BCUT2D eigenvalue weighted by Gasteiger charge is -2.04. The Morgan fingerprint density at radius 1 is 1.20 bits per heavy atom. The minimum absolute atomic E-state index is 0.475. The molecule has 3 rings (SSSR count). The molecule has 2 nitrogen and oxygen atoms in total. The number of hydrogen-bond donors (Lipinski definition) is 0. The van der Waals surface area contributed by atoms with Crippen LogP contribution >= 0.6 is 22.9 Å². The van der Waals surface area contributed by atoms with Crippen LogP contribution in [0, 0.1) is 0 Å². The van der Waals surface area contributed by atoms with Crippen molar-refractivity contribution in [3.8, 4) is 10.8 Å². The van der Waals surface area contributed by atoms with Crippen molar-refractivity contribution in [1.29, 1.82) is 0 Å². The Labute approximate surface area is 95.8 Å². The second-order valence-corrected chi connectivity index (χ2v) is 4.33. The topological polar surface area (TPSA) is 21.6 Å². The zero-order valence-electron chi connectivity index (χ0n) is 7.61. The first kappa shape index (κ1) is 8.95. The van der Waals surface area contributed by atoms with Crippen molar-refractivity contribution in [3.63, 3.8) is 0 Å². The summed E-state index contributed by atoms with van der Waals surface area (Å²) in [6.45, 7) is 0. The van der Waals surface area contributed by atoms with Crippen molar-refractivity contribution in [2.75, 3.05) is 0 Å². The van der Waals surface area contributed by atoms with E-state index in [2.05, 4.69) is 4.99 Å². The summed E-state index contributed by atoms with van der Waals surface area (Å²) >= 11 is 7.63. The largest absolute Gasteiger partial charge is 0.444 e. The van der Waals surface area contributed by atoms with Crippen LogP contribution < -0.4 is 4.74 Å². The fourth-order valence-electron chi connectivity index (χ4n) is 1.44. The van der Waals surface area contributed by atoms with Crippen molar-refractivity contribution >= 4 is 33.8 Å². The molecule has 2 heterocycles. The van der Waals surface area contributed by atoms with Gasteiger partial charge in [-0.05, 0) is 23.6 Å². The van der Waals surface area contributed by atoms with E-state index in [1.165, 1.54) is 11.3 Å². The summed E-state index contributed by atoms with van der Waals surface area (Å²) in [6, 6.07) is 9.52. The number of rotatable bonds is 0. The molecule has 4 heteroatoms. The van der Waals surface area contributed by atoms with Gasteiger partial charge in [0.2, 0.25) is 5.06 Å². The third-order valence-electron chi connectivity index (χ3n) is 2.14. The number of halogens is 1. The first-order valence-corrected chi connectivity index (χ1v) is 5.69. The van der Waals surface area contributed by atoms with Gasteiger partial charge in [-0.25, -0.2) is 4.99 Å². The number of nitrogens with zero attached hydrogens (tertiary/aromatic N) is 1. The highest BCUT2D eigenvalue weighted by Crippen LogP contribution is 2.41. The smallest absolute Gasteiger partial charge is 0.206 e. The van der Waals surface area contributed by atoms with Crippen LogP contribution in [-0.2, 0) is 0 Å². The number of thiophene rings is 1. The van der Waals surface area contributed by atoms with E-state index in [0.29, 0.717) is 5.17 Å². The molecule has 0 amide bonds. The average Bonchev–Trinajstić information content (AvgIpc) is 2.61. The third-order valence-corrected chi connectivity index (χ3v) is 3.21. The lowest BCUT2D eigenvalue weighted by Crippen LogP contribution is -1.91. The normalized spacial score (nSPS) is 13.3. The highest BCUT2D eigenvalue weighted by atomic mass is 35.5. The summed E-state index contributed by atoms with van der Waals surface area (Å²) in [6.07, 6.45) is 0. The summed E-state index contributed by atoms with van der Waals surface area (Å²) in [5.41, 5.74) is 1.63. The van der Waals surface area contributed by atoms with Crippen molar-refractivity contribution in [2.45, 2.75) is 0 Å². The van der Waals surface area contributed by atoms with Gasteiger partial charge in [0.25, 0.3) is 0 Å². The van der Waals surface area contributed by atoms with E-state index in [1.54, 1.807) is 0 Å². The molecule has 0 atom stereocenters. The molecular weight excluding hydrogens is 230 g/mol. The number of para-hydroxylation sites is 1. The van der Waals surface area contributed by atoms with Crippen LogP contribution in [0.15, 0.2) is 40.7 Å². The molecule has 1 aliphatic rings. The quantitative estimate of drug-likeness (QED) is 0.672. The second-order valence-electron chi connectivity index (χ2n) is 3.09. The van der Waals surface area contributed by atoms with Crippen molar-refractivity contribution in [1.82, 2.24) is 0 Å². The maximum absolute atomic E-state index is 6.11. The fourth-order valence-corrected chi connectivity index (χ4v) is 2.38. The molecule has 0 aliphatic carbocycles. The van der Waals surface area contributed by atoms with E-state index in [9.17, 15) is 0 Å². The molecule has 0 bridgehead atoms. The molecule has 0 saturated carbocycles. The number of fused-ring (bicyclic) bond motifs is 2. The second kappa shape index (κ2) is 3.36. The lowest BCUT2D eigenvalue weighted by molar-refractivity contribution is 0.498. The maximum atomic E-state index is 6.11. The standard InChI is InChI=1S/C11H6ClNOS/c12-10-7-3-1-2-4-9(7)14-11-8(13-10)5-6-15-11/h1-6H. The monoisotopic (exact) mass is 235 g/mol. The summed E-state index contributed by atoms with van der Waals surface area (Å²) in [5.74, 6) is 0.757. The Morgan fingerprint density at radius 2 is 2.07 bits per heavy atom. The maximum Gasteiger partial charge on any atom is 0.206 e. The molecule has 2 aromatic rings. The van der Waals surface area contributed by atoms with E-state index in [-0.39, 0.29) is 0 Å². The minimum Gasteiger partial charge on any atom is -0.444 e. The van der Waals surface area contributed by atoms with Crippen LogP contribution in [0.5, 0.6) is 10.8 Å². The number of aliphatic imine (C=N–C) groups is 1. The van der Waals surface area contributed by atoms with Crippen LogP contribution in [0.1, 0.15) is 5.56 Å². The molecule has 0 saturated heterocycles. The van der Waals surface area contributed by atoms with E-state index in [1.807, 2.05) is 35.7 Å². The SMILES string of the molecule is ClC1=Nc2ccsc2Oc2ccccc21. The van der Waals surface area contributed by atoms with Gasteiger partial charge in [-0.2, -0.15) is 0 Å². The van der Waals surface area contributed by atoms with Crippen molar-refractivity contribution < 1.29 is 4.74 Å². The first-order valence-electron chi connectivity index (χ1n) is 4.43. The fraction of sp³-hybridized carbons (Fsp3) is 0. The molecular formula is C11H6ClNOS. The lowest BCUT2D eigenvalue weighted by atomic mass is 10.2. The minimum atomic E-state index is 0.475. The number of benzene rings is 1. The molecule has 0 N–H and O–H groups in total. The Kier molecular flexibility index (Phi) is 2.01. The summed E-state index contributed by atoms with van der Waals surface area (Å²) in [4.78, 5) is 4.31. The molecule has 1 aromatic heterocycles. The van der Waals surface area contributed by atoms with Crippen LogP contribution in [0.4, 0.5) is 5.69 Å².